The highest BCUT2D eigenvalue weighted by molar-refractivity contribution is 5.99. The first-order valence-electron chi connectivity index (χ1n) is 6.89. The minimum Gasteiger partial charge on any atom is -0.383 e. The Labute approximate surface area is 136 Å². The molecule has 120 valence electrons. The second-order valence-electron chi connectivity index (χ2n) is 4.52. The summed E-state index contributed by atoms with van der Waals surface area (Å²) in [5.74, 6) is -0.129. The molecule has 1 heterocycles. The topological polar surface area (TPSA) is 79.0 Å². The van der Waals surface area contributed by atoms with Crippen molar-refractivity contribution in [1.82, 2.24) is 20.8 Å². The van der Waals surface area contributed by atoms with Crippen LogP contribution in [-0.2, 0) is 4.74 Å². The van der Waals surface area contributed by atoms with E-state index in [-0.39, 0.29) is 18.3 Å². The average Bonchev–Trinajstić information content (AvgIpc) is 3.01. The number of aromatic amines is 1. The van der Waals surface area contributed by atoms with Crippen molar-refractivity contribution in [3.8, 4) is 11.3 Å². The van der Waals surface area contributed by atoms with Gasteiger partial charge in [0.1, 0.15) is 0 Å². The molecule has 0 aliphatic carbocycles. The zero-order valence-electron chi connectivity index (χ0n) is 12.5. The van der Waals surface area contributed by atoms with Gasteiger partial charge < -0.3 is 15.4 Å². The van der Waals surface area contributed by atoms with Crippen LogP contribution in [0.1, 0.15) is 10.4 Å². The van der Waals surface area contributed by atoms with Crippen LogP contribution in [-0.4, -0.2) is 49.5 Å². The highest BCUT2D eigenvalue weighted by Crippen LogP contribution is 2.20. The lowest BCUT2D eigenvalue weighted by atomic mass is 10.1. The first-order chi connectivity index (χ1) is 10.3. The standard InChI is InChI=1S/C15H20N4O2.ClH/c1-21-10-9-16-7-8-17-15(20)13-11-18-19-14(13)12-5-3-2-4-6-12;/h2-6,11,16H,7-10H2,1H3,(H,17,20)(H,18,19);1H. The van der Waals surface area contributed by atoms with Crippen LogP contribution in [0.15, 0.2) is 36.5 Å². The number of rotatable bonds is 8. The number of nitrogens with one attached hydrogen (secondary N) is 3. The maximum Gasteiger partial charge on any atom is 0.255 e. The van der Waals surface area contributed by atoms with Gasteiger partial charge in [0.25, 0.3) is 5.91 Å². The Kier molecular flexibility index (Phi) is 8.21. The molecule has 7 heteroatoms. The second kappa shape index (κ2) is 9.94. The molecule has 3 N–H and O–H groups in total. The van der Waals surface area contributed by atoms with Crippen LogP contribution in [0, 0.1) is 0 Å². The number of hydrogen-bond acceptors (Lipinski definition) is 4. The van der Waals surface area contributed by atoms with Gasteiger partial charge in [-0.2, -0.15) is 5.10 Å². The molecular formula is C15H21ClN4O2. The van der Waals surface area contributed by atoms with Gasteiger partial charge in [-0.3, -0.25) is 9.89 Å². The Morgan fingerprint density at radius 2 is 2.00 bits per heavy atom. The third-order valence-electron chi connectivity index (χ3n) is 3.02. The summed E-state index contributed by atoms with van der Waals surface area (Å²) in [6.07, 6.45) is 1.55. The molecule has 2 aromatic rings. The van der Waals surface area contributed by atoms with Crippen LogP contribution < -0.4 is 10.6 Å². The molecule has 1 amide bonds. The van der Waals surface area contributed by atoms with Gasteiger partial charge >= 0.3 is 0 Å². The molecule has 0 atom stereocenters. The van der Waals surface area contributed by atoms with Gasteiger partial charge in [0.05, 0.1) is 24.1 Å². The van der Waals surface area contributed by atoms with Crippen molar-refractivity contribution < 1.29 is 9.53 Å². The lowest BCUT2D eigenvalue weighted by Crippen LogP contribution is -2.33. The van der Waals surface area contributed by atoms with Crippen LogP contribution >= 0.6 is 12.4 Å². The molecule has 0 radical (unpaired) electrons. The van der Waals surface area contributed by atoms with E-state index in [1.807, 2.05) is 30.3 Å². The van der Waals surface area contributed by atoms with E-state index in [9.17, 15) is 4.79 Å². The van der Waals surface area contributed by atoms with Crippen molar-refractivity contribution in [2.24, 2.45) is 0 Å². The molecule has 0 aliphatic heterocycles. The largest absolute Gasteiger partial charge is 0.383 e. The number of hydrogen-bond donors (Lipinski definition) is 3. The summed E-state index contributed by atoms with van der Waals surface area (Å²) in [6, 6.07) is 9.67. The van der Waals surface area contributed by atoms with E-state index < -0.39 is 0 Å². The summed E-state index contributed by atoms with van der Waals surface area (Å²) in [4.78, 5) is 12.2. The summed E-state index contributed by atoms with van der Waals surface area (Å²) in [6.45, 7) is 2.69. The monoisotopic (exact) mass is 324 g/mol. The third kappa shape index (κ3) is 5.14. The minimum absolute atomic E-state index is 0. The zero-order valence-corrected chi connectivity index (χ0v) is 13.3. The van der Waals surface area contributed by atoms with Gasteiger partial charge in [-0.1, -0.05) is 30.3 Å². The van der Waals surface area contributed by atoms with Gasteiger partial charge in [0.2, 0.25) is 0 Å². The Morgan fingerprint density at radius 3 is 2.73 bits per heavy atom. The summed E-state index contributed by atoms with van der Waals surface area (Å²) < 4.78 is 4.93. The summed E-state index contributed by atoms with van der Waals surface area (Å²) in [5.41, 5.74) is 2.23. The maximum atomic E-state index is 12.2. The van der Waals surface area contributed by atoms with Crippen molar-refractivity contribution in [3.63, 3.8) is 0 Å². The number of benzene rings is 1. The lowest BCUT2D eigenvalue weighted by Gasteiger charge is -2.07. The Bertz CT molecular complexity index is 560. The lowest BCUT2D eigenvalue weighted by molar-refractivity contribution is 0.0954. The number of carbonyl (C=O) groups excluding carboxylic acids is 1. The molecule has 6 nitrogen and oxygen atoms in total. The molecule has 0 saturated carbocycles. The van der Waals surface area contributed by atoms with Gasteiger partial charge in [0.15, 0.2) is 0 Å². The van der Waals surface area contributed by atoms with Crippen LogP contribution in [0.25, 0.3) is 11.3 Å². The van der Waals surface area contributed by atoms with E-state index in [0.717, 1.165) is 17.8 Å². The first kappa shape index (κ1) is 18.2. The zero-order chi connectivity index (χ0) is 14.9. The molecule has 0 aliphatic rings. The van der Waals surface area contributed by atoms with E-state index in [2.05, 4.69) is 20.8 Å². The molecule has 0 saturated heterocycles. The predicted molar refractivity (Wildman–Crippen MR) is 88.4 cm³/mol. The molecule has 1 aromatic carbocycles. The van der Waals surface area contributed by atoms with E-state index in [4.69, 9.17) is 4.74 Å². The number of amides is 1. The quantitative estimate of drug-likeness (QED) is 0.642. The molecule has 0 fully saturated rings. The second-order valence-corrected chi connectivity index (χ2v) is 4.52. The Balaban J connectivity index is 0.00000242. The van der Waals surface area contributed by atoms with E-state index >= 15 is 0 Å². The van der Waals surface area contributed by atoms with Crippen molar-refractivity contribution in [2.45, 2.75) is 0 Å². The molecular weight excluding hydrogens is 304 g/mol. The Morgan fingerprint density at radius 1 is 1.23 bits per heavy atom. The van der Waals surface area contributed by atoms with Crippen LogP contribution in [0.4, 0.5) is 0 Å². The van der Waals surface area contributed by atoms with E-state index in [0.29, 0.717) is 25.3 Å². The first-order valence-corrected chi connectivity index (χ1v) is 6.89. The predicted octanol–water partition coefficient (Wildman–Crippen LogP) is 1.46. The number of carbonyl (C=O) groups is 1. The normalized spacial score (nSPS) is 10.0. The van der Waals surface area contributed by atoms with E-state index in [1.165, 1.54) is 0 Å². The SMILES string of the molecule is COCCNCCNC(=O)c1cn[nH]c1-c1ccccc1.Cl. The van der Waals surface area contributed by atoms with E-state index in [1.54, 1.807) is 13.3 Å². The smallest absolute Gasteiger partial charge is 0.255 e. The fourth-order valence-corrected chi connectivity index (χ4v) is 1.94. The number of nitrogens with zero attached hydrogens (tertiary/aromatic N) is 1. The molecule has 0 unspecified atom stereocenters. The summed E-state index contributed by atoms with van der Waals surface area (Å²) in [5, 5.41) is 12.9. The van der Waals surface area contributed by atoms with Crippen LogP contribution in [0.3, 0.4) is 0 Å². The van der Waals surface area contributed by atoms with Gasteiger partial charge in [-0.15, -0.1) is 12.4 Å². The third-order valence-corrected chi connectivity index (χ3v) is 3.02. The van der Waals surface area contributed by atoms with Gasteiger partial charge in [-0.25, -0.2) is 0 Å². The molecule has 0 bridgehead atoms. The van der Waals surface area contributed by atoms with Crippen molar-refractivity contribution in [3.05, 3.63) is 42.1 Å². The summed E-state index contributed by atoms with van der Waals surface area (Å²) in [7, 11) is 1.66. The van der Waals surface area contributed by atoms with Crippen LogP contribution in [0.5, 0.6) is 0 Å². The number of halogens is 1. The molecule has 0 spiro atoms. The maximum absolute atomic E-state index is 12.2. The van der Waals surface area contributed by atoms with Gasteiger partial charge in [0, 0.05) is 32.3 Å². The molecule has 22 heavy (non-hydrogen) atoms. The molecule has 1 aromatic heterocycles. The Hall–Kier alpha value is -1.89. The van der Waals surface area contributed by atoms with Crippen molar-refractivity contribution in [2.75, 3.05) is 33.4 Å². The highest BCUT2D eigenvalue weighted by atomic mass is 35.5. The number of aromatic nitrogens is 2. The highest BCUT2D eigenvalue weighted by Gasteiger charge is 2.14. The summed E-state index contributed by atoms with van der Waals surface area (Å²) >= 11 is 0. The number of ether oxygens (including phenoxy) is 1. The van der Waals surface area contributed by atoms with Crippen molar-refractivity contribution >= 4 is 18.3 Å². The number of H-pyrrole nitrogens is 1. The minimum atomic E-state index is -0.129. The molecule has 2 rings (SSSR count). The number of methoxy groups -OCH3 is 1. The van der Waals surface area contributed by atoms with Gasteiger partial charge in [-0.05, 0) is 0 Å². The van der Waals surface area contributed by atoms with Crippen molar-refractivity contribution in [1.29, 1.82) is 0 Å². The fraction of sp³-hybridized carbons (Fsp3) is 0.333. The average molecular weight is 325 g/mol. The van der Waals surface area contributed by atoms with Crippen LogP contribution in [0.2, 0.25) is 0 Å². The fourth-order valence-electron chi connectivity index (χ4n) is 1.94.